The van der Waals surface area contributed by atoms with Crippen LogP contribution in [0, 0.1) is 5.92 Å². The van der Waals surface area contributed by atoms with Crippen LogP contribution >= 0.6 is 15.9 Å². The van der Waals surface area contributed by atoms with Gasteiger partial charge in [-0.1, -0.05) is 6.07 Å². The number of carbonyl (C=O) groups is 1. The Kier molecular flexibility index (Phi) is 3.72. The fourth-order valence-corrected chi connectivity index (χ4v) is 2.52. The second kappa shape index (κ2) is 5.08. The first-order chi connectivity index (χ1) is 8.13. The predicted octanol–water partition coefficient (Wildman–Crippen LogP) is 3.38. The first-order valence-electron chi connectivity index (χ1n) is 5.90. The topological polar surface area (TPSA) is 40.5 Å². The monoisotopic (exact) mass is 297 g/mol. The molecule has 3 nitrogen and oxygen atoms in total. The number of benzene rings is 1. The maximum Gasteiger partial charge on any atom is 0.338 e. The molecule has 0 bridgehead atoms. The summed E-state index contributed by atoms with van der Waals surface area (Å²) in [7, 11) is 0. The maximum atomic E-state index is 11.3. The Morgan fingerprint density at radius 2 is 2.24 bits per heavy atom. The van der Waals surface area contributed by atoms with Gasteiger partial charge in [-0.05, 0) is 53.7 Å². The Bertz CT molecular complexity index is 429. The Labute approximate surface area is 110 Å². The lowest BCUT2D eigenvalue weighted by Gasteiger charge is -2.25. The van der Waals surface area contributed by atoms with Gasteiger partial charge in [-0.15, -0.1) is 0 Å². The molecule has 0 heterocycles. The van der Waals surface area contributed by atoms with Crippen LogP contribution in [0.2, 0.25) is 0 Å². The Hall–Kier alpha value is -1.03. The largest absolute Gasteiger partial charge is 0.478 e. The molecule has 0 atom stereocenters. The van der Waals surface area contributed by atoms with Crippen molar-refractivity contribution >= 4 is 27.6 Å². The van der Waals surface area contributed by atoms with E-state index in [1.54, 1.807) is 6.07 Å². The van der Waals surface area contributed by atoms with Gasteiger partial charge >= 0.3 is 5.97 Å². The van der Waals surface area contributed by atoms with Gasteiger partial charge in [0.1, 0.15) is 0 Å². The summed E-state index contributed by atoms with van der Waals surface area (Å²) < 4.78 is 0.650. The molecule has 1 aliphatic rings. The highest BCUT2D eigenvalue weighted by Crippen LogP contribution is 2.34. The molecule has 1 fully saturated rings. The molecule has 17 heavy (non-hydrogen) atoms. The summed E-state index contributed by atoms with van der Waals surface area (Å²) >= 11 is 3.32. The minimum atomic E-state index is -0.873. The van der Waals surface area contributed by atoms with Gasteiger partial charge in [0.2, 0.25) is 0 Å². The molecule has 1 aliphatic carbocycles. The molecule has 0 saturated heterocycles. The molecule has 4 heteroatoms. The first-order valence-corrected chi connectivity index (χ1v) is 6.69. The van der Waals surface area contributed by atoms with Crippen LogP contribution in [0.3, 0.4) is 0 Å². The van der Waals surface area contributed by atoms with Crippen LogP contribution in [0.25, 0.3) is 0 Å². The number of hydrogen-bond acceptors (Lipinski definition) is 2. The molecule has 92 valence electrons. The van der Waals surface area contributed by atoms with Crippen molar-refractivity contribution in [3.63, 3.8) is 0 Å². The van der Waals surface area contributed by atoms with Gasteiger partial charge in [0.05, 0.1) is 11.3 Å². The standard InChI is InChI=1S/C13H16BrNO2/c1-2-15(8-9-6-7-9)11-5-3-4-10(14)12(11)13(16)17/h3-5,9H,2,6-8H2,1H3,(H,16,17). The molecule has 0 radical (unpaired) electrons. The zero-order valence-corrected chi connectivity index (χ0v) is 11.4. The molecule has 1 saturated carbocycles. The van der Waals surface area contributed by atoms with E-state index in [1.165, 1.54) is 12.8 Å². The van der Waals surface area contributed by atoms with Crippen molar-refractivity contribution in [1.29, 1.82) is 0 Å². The molecule has 1 aromatic carbocycles. The molecule has 1 aromatic rings. The second-order valence-electron chi connectivity index (χ2n) is 4.42. The quantitative estimate of drug-likeness (QED) is 0.906. The van der Waals surface area contributed by atoms with Gasteiger partial charge in [0, 0.05) is 17.6 Å². The van der Waals surface area contributed by atoms with Crippen LogP contribution in [0.4, 0.5) is 5.69 Å². The second-order valence-corrected chi connectivity index (χ2v) is 5.28. The average molecular weight is 298 g/mol. The van der Waals surface area contributed by atoms with Gasteiger partial charge in [-0.25, -0.2) is 4.79 Å². The molecular formula is C13H16BrNO2. The molecule has 0 unspecified atom stereocenters. The van der Waals surface area contributed by atoms with Gasteiger partial charge in [0.25, 0.3) is 0 Å². The van der Waals surface area contributed by atoms with Gasteiger partial charge in [-0.3, -0.25) is 0 Å². The van der Waals surface area contributed by atoms with Crippen molar-refractivity contribution in [3.8, 4) is 0 Å². The number of rotatable bonds is 5. The van der Waals surface area contributed by atoms with Gasteiger partial charge in [-0.2, -0.15) is 0 Å². The van der Waals surface area contributed by atoms with Crippen molar-refractivity contribution in [2.24, 2.45) is 5.92 Å². The van der Waals surface area contributed by atoms with Crippen LogP contribution in [-0.2, 0) is 0 Å². The van der Waals surface area contributed by atoms with Crippen molar-refractivity contribution in [1.82, 2.24) is 0 Å². The summed E-state index contributed by atoms with van der Waals surface area (Å²) in [4.78, 5) is 13.5. The molecular weight excluding hydrogens is 282 g/mol. The zero-order valence-electron chi connectivity index (χ0n) is 9.82. The zero-order chi connectivity index (χ0) is 12.4. The third-order valence-electron chi connectivity index (χ3n) is 3.10. The van der Waals surface area contributed by atoms with Gasteiger partial charge < -0.3 is 10.0 Å². The Balaban J connectivity index is 2.33. The van der Waals surface area contributed by atoms with E-state index < -0.39 is 5.97 Å². The number of hydrogen-bond donors (Lipinski definition) is 1. The molecule has 0 amide bonds. The summed E-state index contributed by atoms with van der Waals surface area (Å²) in [5, 5.41) is 9.28. The summed E-state index contributed by atoms with van der Waals surface area (Å²) in [6, 6.07) is 5.55. The summed E-state index contributed by atoms with van der Waals surface area (Å²) in [6.07, 6.45) is 2.54. The van der Waals surface area contributed by atoms with Crippen molar-refractivity contribution in [2.75, 3.05) is 18.0 Å². The molecule has 2 rings (SSSR count). The van der Waals surface area contributed by atoms with E-state index in [9.17, 15) is 9.90 Å². The normalized spacial score (nSPS) is 14.7. The van der Waals surface area contributed by atoms with Crippen molar-refractivity contribution in [2.45, 2.75) is 19.8 Å². The third kappa shape index (κ3) is 2.80. The number of carboxylic acid groups (broad SMARTS) is 1. The van der Waals surface area contributed by atoms with Crippen molar-refractivity contribution < 1.29 is 9.90 Å². The van der Waals surface area contributed by atoms with Crippen LogP contribution in [0.15, 0.2) is 22.7 Å². The third-order valence-corrected chi connectivity index (χ3v) is 3.76. The van der Waals surface area contributed by atoms with E-state index in [0.29, 0.717) is 10.0 Å². The summed E-state index contributed by atoms with van der Waals surface area (Å²) in [5.41, 5.74) is 1.19. The molecule has 0 spiro atoms. The minimum Gasteiger partial charge on any atom is -0.478 e. The Morgan fingerprint density at radius 3 is 2.76 bits per heavy atom. The first kappa shape index (κ1) is 12.4. The summed E-state index contributed by atoms with van der Waals surface area (Å²) in [6.45, 7) is 3.87. The van der Waals surface area contributed by atoms with Crippen LogP contribution in [0.1, 0.15) is 30.1 Å². The SMILES string of the molecule is CCN(CC1CC1)c1cccc(Br)c1C(=O)O. The number of aromatic carboxylic acids is 1. The number of carboxylic acids is 1. The molecule has 1 N–H and O–H groups in total. The van der Waals surface area contributed by atoms with Crippen LogP contribution in [-0.4, -0.2) is 24.2 Å². The lowest BCUT2D eigenvalue weighted by Crippen LogP contribution is -2.27. The maximum absolute atomic E-state index is 11.3. The fourth-order valence-electron chi connectivity index (χ4n) is 2.00. The van der Waals surface area contributed by atoms with E-state index in [0.717, 1.165) is 24.7 Å². The summed E-state index contributed by atoms with van der Waals surface area (Å²) in [5.74, 6) is -0.128. The minimum absolute atomic E-state index is 0.370. The number of anilines is 1. The highest BCUT2D eigenvalue weighted by molar-refractivity contribution is 9.10. The lowest BCUT2D eigenvalue weighted by molar-refractivity contribution is 0.0696. The smallest absolute Gasteiger partial charge is 0.338 e. The van der Waals surface area contributed by atoms with E-state index in [4.69, 9.17) is 0 Å². The lowest BCUT2D eigenvalue weighted by atomic mass is 10.1. The highest BCUT2D eigenvalue weighted by Gasteiger charge is 2.26. The van der Waals surface area contributed by atoms with Crippen molar-refractivity contribution in [3.05, 3.63) is 28.2 Å². The predicted molar refractivity (Wildman–Crippen MR) is 71.7 cm³/mol. The fraction of sp³-hybridized carbons (Fsp3) is 0.462. The molecule has 0 aromatic heterocycles. The van der Waals surface area contributed by atoms with E-state index >= 15 is 0 Å². The number of nitrogens with zero attached hydrogens (tertiary/aromatic N) is 1. The number of halogens is 1. The van der Waals surface area contributed by atoms with E-state index in [-0.39, 0.29) is 0 Å². The van der Waals surface area contributed by atoms with Gasteiger partial charge in [0.15, 0.2) is 0 Å². The highest BCUT2D eigenvalue weighted by atomic mass is 79.9. The average Bonchev–Trinajstić information content (AvgIpc) is 3.08. The molecule has 0 aliphatic heterocycles. The van der Waals surface area contributed by atoms with Crippen LogP contribution in [0.5, 0.6) is 0 Å². The Morgan fingerprint density at radius 1 is 1.53 bits per heavy atom. The van der Waals surface area contributed by atoms with E-state index in [1.807, 2.05) is 12.1 Å². The van der Waals surface area contributed by atoms with Crippen LogP contribution < -0.4 is 4.90 Å². The van der Waals surface area contributed by atoms with E-state index in [2.05, 4.69) is 27.8 Å².